The van der Waals surface area contributed by atoms with Crippen LogP contribution in [0, 0.1) is 5.92 Å². The average Bonchev–Trinajstić information content (AvgIpc) is 3.16. The zero-order chi connectivity index (χ0) is 24.7. The lowest BCUT2D eigenvalue weighted by Gasteiger charge is -2.32. The lowest BCUT2D eigenvalue weighted by molar-refractivity contribution is -0.901. The zero-order valence-corrected chi connectivity index (χ0v) is 21.1. The molecule has 7 nitrogen and oxygen atoms in total. The Morgan fingerprint density at radius 2 is 1.97 bits per heavy atom. The van der Waals surface area contributed by atoms with Crippen molar-refractivity contribution >= 4 is 28.6 Å². The summed E-state index contributed by atoms with van der Waals surface area (Å²) in [6.07, 6.45) is 5.44. The molecule has 7 heteroatoms. The van der Waals surface area contributed by atoms with Crippen LogP contribution in [0.4, 0.5) is 0 Å². The molecule has 1 aromatic heterocycles. The van der Waals surface area contributed by atoms with Crippen LogP contribution in [-0.4, -0.2) is 60.8 Å². The third-order valence-electron chi connectivity index (χ3n) is 6.71. The van der Waals surface area contributed by atoms with Crippen LogP contribution in [0.5, 0.6) is 0 Å². The number of quaternary nitrogens is 1. The second-order valence-electron chi connectivity index (χ2n) is 10.4. The number of carbonyl (C=O) groups is 3. The molecular weight excluding hydrogens is 430 g/mol. The minimum Gasteiger partial charge on any atom is -0.451 e. The smallest absolute Gasteiger partial charge is 0.287 e. The number of nitrogens with one attached hydrogen (secondary N) is 2. The van der Waals surface area contributed by atoms with E-state index in [1.165, 1.54) is 6.42 Å². The van der Waals surface area contributed by atoms with Crippen LogP contribution in [0.3, 0.4) is 0 Å². The Balaban J connectivity index is 1.65. The summed E-state index contributed by atoms with van der Waals surface area (Å²) in [6.45, 7) is 8.56. The van der Waals surface area contributed by atoms with Crippen LogP contribution in [0.1, 0.15) is 69.9 Å². The van der Waals surface area contributed by atoms with Crippen molar-refractivity contribution in [3.05, 3.63) is 36.1 Å². The number of likely N-dealkylation sites (tertiary alicyclic amines) is 1. The number of ketones is 1. The lowest BCUT2D eigenvalue weighted by Crippen LogP contribution is -2.54. The molecule has 186 valence electrons. The summed E-state index contributed by atoms with van der Waals surface area (Å²) < 4.78 is 6.40. The molecule has 2 amide bonds. The number of fused-ring (bicyclic) bond motifs is 1. The van der Waals surface area contributed by atoms with E-state index in [0.29, 0.717) is 25.0 Å². The number of hydrogen-bond acceptors (Lipinski definition) is 4. The molecular formula is C27H40N3O4+. The van der Waals surface area contributed by atoms with Gasteiger partial charge in [-0.2, -0.15) is 0 Å². The summed E-state index contributed by atoms with van der Waals surface area (Å²) in [5, 5.41) is 6.63. The Labute approximate surface area is 202 Å². The fourth-order valence-corrected chi connectivity index (χ4v) is 4.79. The molecule has 34 heavy (non-hydrogen) atoms. The first-order valence-electron chi connectivity index (χ1n) is 12.7. The van der Waals surface area contributed by atoms with Gasteiger partial charge in [-0.15, -0.1) is 0 Å². The number of likely N-dealkylation sites (N-methyl/N-ethyl adjacent to an activating group) is 1. The minimum absolute atomic E-state index is 0.0803. The van der Waals surface area contributed by atoms with Gasteiger partial charge in [0, 0.05) is 5.39 Å². The zero-order valence-electron chi connectivity index (χ0n) is 21.1. The van der Waals surface area contributed by atoms with E-state index < -0.39 is 18.0 Å². The molecule has 2 aromatic rings. The van der Waals surface area contributed by atoms with Crippen LogP contribution >= 0.6 is 0 Å². The largest absolute Gasteiger partial charge is 0.451 e. The van der Waals surface area contributed by atoms with Gasteiger partial charge in [-0.25, -0.2) is 0 Å². The minimum atomic E-state index is -0.734. The van der Waals surface area contributed by atoms with Crippen molar-refractivity contribution in [2.45, 2.75) is 71.4 Å². The van der Waals surface area contributed by atoms with Gasteiger partial charge in [0.25, 0.3) is 5.91 Å². The number of para-hydroxylation sites is 1. The summed E-state index contributed by atoms with van der Waals surface area (Å²) in [7, 11) is 2.15. The molecule has 0 saturated carbocycles. The van der Waals surface area contributed by atoms with E-state index in [0.717, 1.165) is 42.2 Å². The number of hydrogen-bond donors (Lipinski definition) is 2. The third kappa shape index (κ3) is 6.92. The second-order valence-corrected chi connectivity index (χ2v) is 10.4. The van der Waals surface area contributed by atoms with Gasteiger partial charge in [-0.05, 0) is 50.2 Å². The lowest BCUT2D eigenvalue weighted by atomic mass is 10.0. The maximum atomic E-state index is 13.2. The van der Waals surface area contributed by atoms with E-state index in [-0.39, 0.29) is 23.4 Å². The highest BCUT2D eigenvalue weighted by atomic mass is 16.3. The Morgan fingerprint density at radius 1 is 1.21 bits per heavy atom. The van der Waals surface area contributed by atoms with E-state index in [1.807, 2.05) is 32.0 Å². The molecule has 3 unspecified atom stereocenters. The predicted octanol–water partition coefficient (Wildman–Crippen LogP) is 4.06. The van der Waals surface area contributed by atoms with Gasteiger partial charge in [0.15, 0.2) is 5.76 Å². The van der Waals surface area contributed by atoms with Gasteiger partial charge < -0.3 is 19.5 Å². The molecule has 0 bridgehead atoms. The molecule has 2 N–H and O–H groups in total. The van der Waals surface area contributed by atoms with E-state index in [1.54, 1.807) is 12.1 Å². The van der Waals surface area contributed by atoms with Crippen molar-refractivity contribution in [1.82, 2.24) is 10.6 Å². The number of benzene rings is 1. The predicted molar refractivity (Wildman–Crippen MR) is 133 cm³/mol. The van der Waals surface area contributed by atoms with Crippen molar-refractivity contribution < 1.29 is 23.3 Å². The van der Waals surface area contributed by atoms with Gasteiger partial charge >= 0.3 is 0 Å². The molecule has 0 spiro atoms. The molecule has 0 radical (unpaired) electrons. The van der Waals surface area contributed by atoms with Gasteiger partial charge in [-0.1, -0.05) is 45.4 Å². The highest BCUT2D eigenvalue weighted by molar-refractivity contribution is 5.99. The molecule has 3 rings (SSSR count). The van der Waals surface area contributed by atoms with Crippen molar-refractivity contribution in [3.8, 4) is 0 Å². The fraction of sp³-hybridized carbons (Fsp3) is 0.593. The fourth-order valence-electron chi connectivity index (χ4n) is 4.79. The molecule has 0 aliphatic carbocycles. The van der Waals surface area contributed by atoms with Crippen molar-refractivity contribution in [2.24, 2.45) is 5.92 Å². The van der Waals surface area contributed by atoms with Crippen molar-refractivity contribution in [1.29, 1.82) is 0 Å². The molecule has 1 aromatic carbocycles. The number of carbonyl (C=O) groups excluding carboxylic acids is 3. The first kappa shape index (κ1) is 25.9. The Morgan fingerprint density at radius 3 is 2.68 bits per heavy atom. The first-order valence-corrected chi connectivity index (χ1v) is 12.7. The van der Waals surface area contributed by atoms with Crippen molar-refractivity contribution in [2.75, 3.05) is 26.7 Å². The highest BCUT2D eigenvalue weighted by Gasteiger charge is 2.35. The summed E-state index contributed by atoms with van der Waals surface area (Å²) in [4.78, 5) is 39.1. The van der Waals surface area contributed by atoms with Crippen LogP contribution in [0.15, 0.2) is 34.7 Å². The quantitative estimate of drug-likeness (QED) is 0.405. The summed E-state index contributed by atoms with van der Waals surface area (Å²) in [5.74, 6) is -0.289. The van der Waals surface area contributed by atoms with Crippen LogP contribution < -0.4 is 10.6 Å². The van der Waals surface area contributed by atoms with E-state index >= 15 is 0 Å². The van der Waals surface area contributed by atoms with Crippen molar-refractivity contribution in [3.63, 3.8) is 0 Å². The van der Waals surface area contributed by atoms with E-state index in [4.69, 9.17) is 4.42 Å². The van der Waals surface area contributed by atoms with Gasteiger partial charge in [0.1, 0.15) is 18.2 Å². The maximum Gasteiger partial charge on any atom is 0.287 e. The van der Waals surface area contributed by atoms with Gasteiger partial charge in [0.2, 0.25) is 11.7 Å². The molecule has 1 aliphatic heterocycles. The Hall–Kier alpha value is -2.67. The normalized spacial score (nSPS) is 21.9. The van der Waals surface area contributed by atoms with Gasteiger partial charge in [-0.3, -0.25) is 14.4 Å². The summed E-state index contributed by atoms with van der Waals surface area (Å²) in [6, 6.07) is 7.85. The first-order chi connectivity index (χ1) is 16.2. The Bertz CT molecular complexity index is 966. The summed E-state index contributed by atoms with van der Waals surface area (Å²) >= 11 is 0. The second kappa shape index (κ2) is 11.6. The molecule has 1 aliphatic rings. The molecule has 1 saturated heterocycles. The summed E-state index contributed by atoms with van der Waals surface area (Å²) in [5.41, 5.74) is 0.627. The monoisotopic (exact) mass is 470 g/mol. The number of nitrogens with zero attached hydrogens (tertiary/aromatic N) is 1. The molecule has 3 atom stereocenters. The Kier molecular flexibility index (Phi) is 8.89. The third-order valence-corrected chi connectivity index (χ3v) is 6.71. The van der Waals surface area contributed by atoms with E-state index in [9.17, 15) is 14.4 Å². The van der Waals surface area contributed by atoms with Crippen LogP contribution in [-0.2, 0) is 9.59 Å². The number of furan rings is 1. The topological polar surface area (TPSA) is 88.4 Å². The highest BCUT2D eigenvalue weighted by Crippen LogP contribution is 2.20. The van der Waals surface area contributed by atoms with Crippen LogP contribution in [0.2, 0.25) is 0 Å². The van der Waals surface area contributed by atoms with Crippen LogP contribution in [0.25, 0.3) is 11.0 Å². The number of rotatable bonds is 10. The molecule has 1 fully saturated rings. The van der Waals surface area contributed by atoms with E-state index in [2.05, 4.69) is 24.6 Å². The maximum absolute atomic E-state index is 13.2. The standard InChI is InChI=1S/C27H39N3O4/c1-5-6-9-14-30(4)15-10-12-21(23(31)18-30)28-26(32)22(16-19(2)3)29-27(33)25-17-20-11-7-8-13-24(20)34-25/h7-8,11,13,17,19,21-22H,5-6,9-10,12,14-16,18H2,1-4H3,(H-,28,29,32,33)/p+1. The number of unbranched alkanes of at least 4 members (excludes halogenated alkanes) is 2. The number of amides is 2. The van der Waals surface area contributed by atoms with Gasteiger partial charge in [0.05, 0.1) is 26.2 Å². The SMILES string of the molecule is CCCCC[N+]1(C)CCCC(NC(=O)C(CC(C)C)NC(=O)c2cc3ccccc3o2)C(=O)C1. The average molecular weight is 471 g/mol. The number of Topliss-reactive ketones (excluding diaryl/α,β-unsaturated/α-hetero) is 1. The molecule has 2 heterocycles.